The average Bonchev–Trinajstić information content (AvgIpc) is 3.92. The van der Waals surface area contributed by atoms with Gasteiger partial charge in [0.1, 0.15) is 47.3 Å². The molecular formula is C50H56O13. The van der Waals surface area contributed by atoms with Crippen LogP contribution in [0.1, 0.15) is 96.8 Å². The second-order valence-corrected chi connectivity index (χ2v) is 19.1. The van der Waals surface area contributed by atoms with Crippen molar-refractivity contribution in [1.29, 1.82) is 0 Å². The van der Waals surface area contributed by atoms with Gasteiger partial charge in [-0.1, -0.05) is 107 Å². The fourth-order valence-corrected chi connectivity index (χ4v) is 13.0. The third-order valence-corrected chi connectivity index (χ3v) is 15.8. The molecule has 4 heterocycles. The van der Waals surface area contributed by atoms with E-state index >= 15 is 0 Å². The lowest BCUT2D eigenvalue weighted by atomic mass is 9.54. The molecule has 7 fully saturated rings. The maximum Gasteiger partial charge on any atom is 0.338 e. The predicted octanol–water partition coefficient (Wildman–Crippen LogP) is 5.94. The molecule has 0 aromatic heterocycles. The Morgan fingerprint density at radius 3 is 1.87 bits per heavy atom. The highest BCUT2D eigenvalue weighted by Crippen LogP contribution is 2.75. The average molecular weight is 865 g/mol. The van der Waals surface area contributed by atoms with Crippen molar-refractivity contribution in [2.45, 2.75) is 131 Å². The first-order chi connectivity index (χ1) is 30.3. The van der Waals surface area contributed by atoms with E-state index < -0.39 is 113 Å². The lowest BCUT2D eigenvalue weighted by molar-refractivity contribution is -0.460. The van der Waals surface area contributed by atoms with Crippen LogP contribution in [0.25, 0.3) is 0 Å². The molecule has 13 nitrogen and oxygen atoms in total. The second kappa shape index (κ2) is 15.3. The van der Waals surface area contributed by atoms with Gasteiger partial charge in [-0.05, 0) is 73.1 Å². The number of rotatable bonds is 8. The molecule has 3 aliphatic carbocycles. The Labute approximate surface area is 366 Å². The Morgan fingerprint density at radius 2 is 1.30 bits per heavy atom. The number of epoxide rings is 1. The molecule has 3 aromatic rings. The van der Waals surface area contributed by atoms with E-state index in [1.165, 1.54) is 0 Å². The van der Waals surface area contributed by atoms with Crippen molar-refractivity contribution < 1.29 is 62.9 Å². The summed E-state index contributed by atoms with van der Waals surface area (Å²) in [5, 5.41) is 38.7. The first-order valence-electron chi connectivity index (χ1n) is 22.5. The molecule has 10 rings (SSSR count). The highest BCUT2D eigenvalue weighted by atomic mass is 16.9. The fraction of sp³-hybridized carbons (Fsp3) is 0.540. The number of carbonyl (C=O) groups excluding carboxylic acids is 3. The molecule has 3 N–H and O–H groups in total. The first kappa shape index (κ1) is 42.5. The van der Waals surface area contributed by atoms with E-state index in [0.717, 1.165) is 19.3 Å². The Hall–Kier alpha value is -4.47. The van der Waals surface area contributed by atoms with Crippen molar-refractivity contribution in [3.05, 3.63) is 120 Å². The molecule has 4 unspecified atom stereocenters. The van der Waals surface area contributed by atoms with Gasteiger partial charge in [0.15, 0.2) is 11.7 Å². The Morgan fingerprint density at radius 1 is 0.746 bits per heavy atom. The van der Waals surface area contributed by atoms with Crippen molar-refractivity contribution in [2.24, 2.45) is 29.6 Å². The number of carbonyl (C=O) groups is 3. The number of aliphatic hydroxyl groups excluding tert-OH is 2. The lowest BCUT2D eigenvalue weighted by Crippen LogP contribution is -2.77. The molecule has 3 saturated carbocycles. The van der Waals surface area contributed by atoms with E-state index in [9.17, 15) is 29.7 Å². The molecule has 334 valence electrons. The van der Waals surface area contributed by atoms with Crippen LogP contribution in [0.4, 0.5) is 0 Å². The number of ether oxygens (including phenoxy) is 7. The van der Waals surface area contributed by atoms with Gasteiger partial charge in [0.2, 0.25) is 0 Å². The zero-order chi connectivity index (χ0) is 44.1. The maximum atomic E-state index is 14.6. The van der Waals surface area contributed by atoms with Gasteiger partial charge in [0.05, 0.1) is 29.2 Å². The monoisotopic (exact) mass is 864 g/mol. The number of hydrogen-bond donors (Lipinski definition) is 3. The normalized spacial score (nSPS) is 43.2. The fourth-order valence-electron chi connectivity index (χ4n) is 13.0. The van der Waals surface area contributed by atoms with Crippen molar-refractivity contribution in [3.8, 4) is 0 Å². The largest absolute Gasteiger partial charge is 0.456 e. The first-order valence-corrected chi connectivity index (χ1v) is 22.5. The number of fused-ring (bicyclic) bond motifs is 1. The second-order valence-electron chi connectivity index (χ2n) is 19.1. The molecule has 4 aliphatic heterocycles. The summed E-state index contributed by atoms with van der Waals surface area (Å²) in [4.78, 5) is 43.5. The zero-order valence-corrected chi connectivity index (χ0v) is 35.8. The smallest absolute Gasteiger partial charge is 0.338 e. The number of esters is 3. The van der Waals surface area contributed by atoms with Crippen LogP contribution in [0, 0.1) is 29.6 Å². The predicted molar refractivity (Wildman–Crippen MR) is 224 cm³/mol. The minimum atomic E-state index is -2.41. The molecule has 16 atom stereocenters. The van der Waals surface area contributed by atoms with Gasteiger partial charge in [-0.2, -0.15) is 0 Å². The lowest BCUT2D eigenvalue weighted by Gasteiger charge is -2.61. The van der Waals surface area contributed by atoms with Crippen LogP contribution in [-0.2, 0) is 33.2 Å². The van der Waals surface area contributed by atoms with Crippen molar-refractivity contribution in [2.75, 3.05) is 6.61 Å². The summed E-state index contributed by atoms with van der Waals surface area (Å²) in [7, 11) is 0. The van der Waals surface area contributed by atoms with Gasteiger partial charge in [0, 0.05) is 12.3 Å². The van der Waals surface area contributed by atoms with Gasteiger partial charge in [-0.15, -0.1) is 0 Å². The minimum absolute atomic E-state index is 0.0552. The van der Waals surface area contributed by atoms with Crippen LogP contribution in [0.2, 0.25) is 0 Å². The van der Waals surface area contributed by atoms with Gasteiger partial charge in [-0.3, -0.25) is 0 Å². The van der Waals surface area contributed by atoms with Gasteiger partial charge in [0.25, 0.3) is 0 Å². The van der Waals surface area contributed by atoms with Crippen LogP contribution < -0.4 is 0 Å². The number of aliphatic hydroxyl groups is 3. The Bertz CT molecular complexity index is 2260. The van der Waals surface area contributed by atoms with Crippen LogP contribution in [0.15, 0.2) is 103 Å². The molecule has 3 bridgehead atoms. The molecule has 2 spiro atoms. The van der Waals surface area contributed by atoms with E-state index in [1.807, 2.05) is 6.92 Å². The van der Waals surface area contributed by atoms with Gasteiger partial charge < -0.3 is 48.5 Å². The SMILES string of the molecule is C=C(C)[C@]12C[C@@H](OC(=O)c3ccccc3)[C@@]34OC5(O[C@@H]1C3[C@@H]1O[C@]1(CO)[C@@H](OC(=O)c1ccccc1)[C@@]1(O)C4C([C@H](C)CCCCCC[C@H]5O)[C@H](C)[C@@H]1OC(=O)c1ccccc1)O2. The zero-order valence-electron chi connectivity index (χ0n) is 35.8. The Kier molecular flexibility index (Phi) is 10.3. The third kappa shape index (κ3) is 6.10. The van der Waals surface area contributed by atoms with Crippen LogP contribution >= 0.6 is 0 Å². The summed E-state index contributed by atoms with van der Waals surface area (Å²) < 4.78 is 48.2. The van der Waals surface area contributed by atoms with Crippen LogP contribution in [-0.4, -0.2) is 105 Å². The summed E-state index contributed by atoms with van der Waals surface area (Å²) >= 11 is 0. The van der Waals surface area contributed by atoms with Crippen LogP contribution in [0.3, 0.4) is 0 Å². The van der Waals surface area contributed by atoms with Gasteiger partial charge >= 0.3 is 23.9 Å². The summed E-state index contributed by atoms with van der Waals surface area (Å²) in [6.45, 7) is 9.46. The number of benzene rings is 3. The van der Waals surface area contributed by atoms with Crippen LogP contribution in [0.5, 0.6) is 0 Å². The van der Waals surface area contributed by atoms with E-state index in [-0.39, 0.29) is 35.4 Å². The van der Waals surface area contributed by atoms with E-state index in [2.05, 4.69) is 13.5 Å². The molecule has 13 heteroatoms. The highest BCUT2D eigenvalue weighted by molar-refractivity contribution is 5.91. The minimum Gasteiger partial charge on any atom is -0.456 e. The van der Waals surface area contributed by atoms with E-state index in [1.54, 1.807) is 97.9 Å². The maximum absolute atomic E-state index is 14.6. The number of hydrogen-bond acceptors (Lipinski definition) is 13. The summed E-state index contributed by atoms with van der Waals surface area (Å²) in [6, 6.07) is 25.3. The molecule has 7 aliphatic rings. The van der Waals surface area contributed by atoms with Crippen molar-refractivity contribution in [3.63, 3.8) is 0 Å². The molecule has 63 heavy (non-hydrogen) atoms. The van der Waals surface area contributed by atoms with Crippen molar-refractivity contribution >= 4 is 17.9 Å². The van der Waals surface area contributed by atoms with Gasteiger partial charge in [-0.25, -0.2) is 14.4 Å². The quantitative estimate of drug-likeness (QED) is 0.105. The van der Waals surface area contributed by atoms with E-state index in [4.69, 9.17) is 33.2 Å². The molecule has 3 aromatic carbocycles. The molecule has 0 radical (unpaired) electrons. The topological polar surface area (TPSA) is 180 Å². The van der Waals surface area contributed by atoms with E-state index in [0.29, 0.717) is 18.4 Å². The van der Waals surface area contributed by atoms with Crippen molar-refractivity contribution in [1.82, 2.24) is 0 Å². The third-order valence-electron chi connectivity index (χ3n) is 15.8. The summed E-state index contributed by atoms with van der Waals surface area (Å²) in [5.41, 5.74) is -6.32. The Balaban J connectivity index is 1.26. The molecule has 4 saturated heterocycles. The highest BCUT2D eigenvalue weighted by Gasteiger charge is 2.92. The molecule has 0 amide bonds. The molecular weight excluding hydrogens is 809 g/mol. The summed E-state index contributed by atoms with van der Waals surface area (Å²) in [5.74, 6) is -7.96. The standard InChI is InChI=1S/C50H56O13/c1-28(2)46-26-35(57-42(53)31-19-11-7-12-20-31)49-37-40(46)61-50(62-46,63-49)34(52)25-17-6-5-10-18-29(3)36-30(4)39(58-43(54)32-21-13-8-14-22-32)48(56,38(36)49)45(47(27-51)41(37)60-47)59-44(55)33-23-15-9-16-24-33/h7-9,11-16,19-24,29-30,34-41,45,51-52,56H,1,5-6,10,17-18,25-27H2,2-4H3/t29-,30+,34-,35-,36?,37?,38?,39+,40-,41+,45-,46-,47+,48-,49-,50?/m1/s1. The summed E-state index contributed by atoms with van der Waals surface area (Å²) in [6.07, 6.45) is -3.72.